The van der Waals surface area contributed by atoms with E-state index in [0.29, 0.717) is 41.1 Å². The molecule has 2 aromatic heterocycles. The SMILES string of the molecule is CON(C)C(=O)c1ccc2nn3ccc(N4CCCC4c4cc(F)ccc4F)nc3c2c1. The summed E-state index contributed by atoms with van der Waals surface area (Å²) in [5, 5.41) is 6.39. The van der Waals surface area contributed by atoms with Gasteiger partial charge in [0.1, 0.15) is 17.5 Å². The van der Waals surface area contributed by atoms with Gasteiger partial charge < -0.3 is 4.90 Å². The van der Waals surface area contributed by atoms with Crippen molar-refractivity contribution in [2.24, 2.45) is 0 Å². The number of nitrogens with zero attached hydrogens (tertiary/aromatic N) is 5. The molecule has 0 radical (unpaired) electrons. The number of hydroxylamine groups is 2. The first-order valence-corrected chi connectivity index (χ1v) is 10.3. The molecular weight excluding hydrogens is 416 g/mol. The third-order valence-corrected chi connectivity index (χ3v) is 5.93. The van der Waals surface area contributed by atoms with Gasteiger partial charge in [-0.15, -0.1) is 0 Å². The summed E-state index contributed by atoms with van der Waals surface area (Å²) in [6.45, 7) is 0.679. The summed E-state index contributed by atoms with van der Waals surface area (Å²) in [5.41, 5.74) is 2.06. The van der Waals surface area contributed by atoms with Gasteiger partial charge in [-0.3, -0.25) is 9.63 Å². The first-order valence-electron chi connectivity index (χ1n) is 10.3. The van der Waals surface area contributed by atoms with Crippen LogP contribution in [-0.2, 0) is 4.84 Å². The van der Waals surface area contributed by atoms with Gasteiger partial charge in [0.05, 0.1) is 18.7 Å². The van der Waals surface area contributed by atoms with Crippen LogP contribution in [0.4, 0.5) is 14.6 Å². The first kappa shape index (κ1) is 20.3. The van der Waals surface area contributed by atoms with Crippen molar-refractivity contribution in [3.05, 3.63) is 71.4 Å². The summed E-state index contributed by atoms with van der Waals surface area (Å²) in [4.78, 5) is 24.3. The molecule has 1 unspecified atom stereocenters. The van der Waals surface area contributed by atoms with Crippen LogP contribution in [0, 0.1) is 11.6 Å². The van der Waals surface area contributed by atoms with Crippen LogP contribution in [0.25, 0.3) is 16.6 Å². The molecule has 2 aromatic carbocycles. The average molecular weight is 437 g/mol. The predicted octanol–water partition coefficient (Wildman–Crippen LogP) is 4.14. The van der Waals surface area contributed by atoms with E-state index in [-0.39, 0.29) is 11.9 Å². The van der Waals surface area contributed by atoms with Crippen molar-refractivity contribution in [1.29, 1.82) is 0 Å². The van der Waals surface area contributed by atoms with Crippen LogP contribution in [0.1, 0.15) is 34.8 Å². The van der Waals surface area contributed by atoms with Crippen molar-refractivity contribution < 1.29 is 18.4 Å². The van der Waals surface area contributed by atoms with E-state index in [1.165, 1.54) is 20.2 Å². The molecule has 1 saturated heterocycles. The van der Waals surface area contributed by atoms with Gasteiger partial charge in [0.2, 0.25) is 0 Å². The number of amides is 1. The Morgan fingerprint density at radius 3 is 2.84 bits per heavy atom. The Labute approximate surface area is 182 Å². The Bertz CT molecular complexity index is 1340. The first-order chi connectivity index (χ1) is 15.5. The lowest BCUT2D eigenvalue weighted by Gasteiger charge is -2.26. The molecule has 9 heteroatoms. The molecule has 0 spiro atoms. The molecular formula is C23H21F2N5O2. The normalized spacial score (nSPS) is 16.2. The van der Waals surface area contributed by atoms with Gasteiger partial charge in [-0.2, -0.15) is 5.10 Å². The lowest BCUT2D eigenvalue weighted by Crippen LogP contribution is -2.25. The quantitative estimate of drug-likeness (QED) is 0.449. The molecule has 5 rings (SSSR count). The second kappa shape index (κ2) is 7.83. The molecule has 3 heterocycles. The molecule has 1 fully saturated rings. The molecule has 164 valence electrons. The van der Waals surface area contributed by atoms with E-state index in [1.54, 1.807) is 28.9 Å². The Morgan fingerprint density at radius 2 is 2.03 bits per heavy atom. The second-order valence-corrected chi connectivity index (χ2v) is 7.79. The molecule has 32 heavy (non-hydrogen) atoms. The number of anilines is 1. The smallest absolute Gasteiger partial charge is 0.277 e. The van der Waals surface area contributed by atoms with Gasteiger partial charge in [-0.1, -0.05) is 0 Å². The standard InChI is InChI=1S/C23H21F2N5O2/c1-28(32-2)23(31)14-5-8-19-17(12-14)22-26-21(9-11-30(22)27-19)29-10-3-4-20(29)16-13-15(24)6-7-18(16)25/h5-9,11-13,20H,3-4,10H2,1-2H3. The lowest BCUT2D eigenvalue weighted by molar-refractivity contribution is -0.0756. The van der Waals surface area contributed by atoms with Crippen LogP contribution in [0.15, 0.2) is 48.7 Å². The number of benzene rings is 2. The summed E-state index contributed by atoms with van der Waals surface area (Å²) < 4.78 is 29.9. The van der Waals surface area contributed by atoms with Crippen LogP contribution >= 0.6 is 0 Å². The van der Waals surface area contributed by atoms with Crippen molar-refractivity contribution in [1.82, 2.24) is 19.7 Å². The largest absolute Gasteiger partial charge is 0.349 e. The monoisotopic (exact) mass is 437 g/mol. The summed E-state index contributed by atoms with van der Waals surface area (Å²) in [7, 11) is 2.96. The highest BCUT2D eigenvalue weighted by atomic mass is 19.1. The number of fused-ring (bicyclic) bond motifs is 3. The number of rotatable bonds is 4. The third kappa shape index (κ3) is 3.34. The van der Waals surface area contributed by atoms with Gasteiger partial charge in [-0.05, 0) is 55.3 Å². The number of aromatic nitrogens is 3. The summed E-state index contributed by atoms with van der Waals surface area (Å²) in [6, 6.07) is 10.3. The van der Waals surface area contributed by atoms with Gasteiger partial charge in [-0.25, -0.2) is 23.3 Å². The Balaban J connectivity index is 1.58. The van der Waals surface area contributed by atoms with Crippen molar-refractivity contribution in [2.45, 2.75) is 18.9 Å². The maximum absolute atomic E-state index is 14.5. The van der Waals surface area contributed by atoms with Gasteiger partial charge in [0.15, 0.2) is 5.65 Å². The Morgan fingerprint density at radius 1 is 1.19 bits per heavy atom. The number of hydrogen-bond donors (Lipinski definition) is 0. The van der Waals surface area contributed by atoms with Crippen LogP contribution < -0.4 is 4.90 Å². The third-order valence-electron chi connectivity index (χ3n) is 5.93. The van der Waals surface area contributed by atoms with Crippen LogP contribution in [-0.4, -0.2) is 46.3 Å². The van der Waals surface area contributed by atoms with Gasteiger partial charge in [0, 0.05) is 36.3 Å². The molecule has 0 aliphatic carbocycles. The lowest BCUT2D eigenvalue weighted by atomic mass is 10.0. The molecule has 1 atom stereocenters. The number of carbonyl (C=O) groups excluding carboxylic acids is 1. The minimum absolute atomic E-state index is 0.286. The molecule has 0 saturated carbocycles. The average Bonchev–Trinajstić information content (AvgIpc) is 3.43. The second-order valence-electron chi connectivity index (χ2n) is 7.79. The molecule has 1 aliphatic heterocycles. The van der Waals surface area contributed by atoms with Crippen LogP contribution in [0.3, 0.4) is 0 Å². The Hall–Kier alpha value is -3.59. The zero-order chi connectivity index (χ0) is 22.4. The van der Waals surface area contributed by atoms with Crippen molar-refractivity contribution >= 4 is 28.3 Å². The van der Waals surface area contributed by atoms with E-state index in [2.05, 4.69) is 5.10 Å². The van der Waals surface area contributed by atoms with Crippen LogP contribution in [0.5, 0.6) is 0 Å². The summed E-state index contributed by atoms with van der Waals surface area (Å²) in [5.74, 6) is -0.524. The van der Waals surface area contributed by atoms with Crippen molar-refractivity contribution in [2.75, 3.05) is 25.6 Å². The number of halogens is 2. The van der Waals surface area contributed by atoms with E-state index in [4.69, 9.17) is 9.82 Å². The molecule has 0 N–H and O–H groups in total. The minimum Gasteiger partial charge on any atom is -0.349 e. The minimum atomic E-state index is -0.461. The molecule has 1 aliphatic rings. The Kier molecular flexibility index (Phi) is 4.97. The number of carbonyl (C=O) groups is 1. The zero-order valence-corrected chi connectivity index (χ0v) is 17.6. The van der Waals surface area contributed by atoms with E-state index in [1.807, 2.05) is 11.0 Å². The number of hydrogen-bond acceptors (Lipinski definition) is 5. The molecule has 0 bridgehead atoms. The van der Waals surface area contributed by atoms with Gasteiger partial charge >= 0.3 is 0 Å². The van der Waals surface area contributed by atoms with E-state index >= 15 is 0 Å². The van der Waals surface area contributed by atoms with Crippen molar-refractivity contribution in [3.63, 3.8) is 0 Å². The molecule has 4 aromatic rings. The molecule has 7 nitrogen and oxygen atoms in total. The summed E-state index contributed by atoms with van der Waals surface area (Å²) in [6.07, 6.45) is 3.34. The highest BCUT2D eigenvalue weighted by Gasteiger charge is 2.30. The fraction of sp³-hybridized carbons (Fsp3) is 0.261. The van der Waals surface area contributed by atoms with Crippen molar-refractivity contribution in [3.8, 4) is 0 Å². The highest BCUT2D eigenvalue weighted by molar-refractivity contribution is 6.01. The van der Waals surface area contributed by atoms with Crippen LogP contribution in [0.2, 0.25) is 0 Å². The zero-order valence-electron chi connectivity index (χ0n) is 17.6. The molecule has 1 amide bonds. The fourth-order valence-electron chi connectivity index (χ4n) is 4.28. The van der Waals surface area contributed by atoms with Gasteiger partial charge in [0.25, 0.3) is 5.91 Å². The maximum Gasteiger partial charge on any atom is 0.277 e. The fourth-order valence-corrected chi connectivity index (χ4v) is 4.28. The maximum atomic E-state index is 14.5. The van der Waals surface area contributed by atoms with E-state index in [9.17, 15) is 13.6 Å². The van der Waals surface area contributed by atoms with E-state index in [0.717, 1.165) is 29.0 Å². The predicted molar refractivity (Wildman–Crippen MR) is 115 cm³/mol. The topological polar surface area (TPSA) is 63.0 Å². The van der Waals surface area contributed by atoms with E-state index < -0.39 is 11.6 Å². The highest BCUT2D eigenvalue weighted by Crippen LogP contribution is 2.37. The summed E-state index contributed by atoms with van der Waals surface area (Å²) >= 11 is 0.